The Balaban J connectivity index is 1.19. The van der Waals surface area contributed by atoms with E-state index in [1.165, 1.54) is 66.1 Å². The molecule has 0 atom stereocenters. The molecule has 0 aliphatic heterocycles. The SMILES string of the molecule is CCC1(CC)c2ccccc2-c2ccc(N(c3ccccc3)c3cc(N(c4ccccc4)c4ccc5c(c4)C(CC)(CC)c4ccccc4-5)c4c(ccc5ccccc54)c3)cc21. The fraction of sp³-hybridized carbons (Fsp3) is 0.167. The fourth-order valence-electron chi connectivity index (χ4n) is 11.6. The Morgan fingerprint density at radius 2 is 0.774 bits per heavy atom. The van der Waals surface area contributed by atoms with Crippen LogP contribution < -0.4 is 9.80 Å². The highest BCUT2D eigenvalue weighted by Crippen LogP contribution is 2.56. The number of anilines is 6. The third-order valence-corrected chi connectivity index (χ3v) is 14.8. The van der Waals surface area contributed by atoms with Crippen molar-refractivity contribution in [2.24, 2.45) is 0 Å². The van der Waals surface area contributed by atoms with Gasteiger partial charge in [-0.05, 0) is 147 Å². The third kappa shape index (κ3) is 5.55. The van der Waals surface area contributed by atoms with Crippen LogP contribution in [-0.2, 0) is 10.8 Å². The molecule has 11 rings (SSSR count). The second-order valence-electron chi connectivity index (χ2n) is 17.3. The van der Waals surface area contributed by atoms with E-state index >= 15 is 0 Å². The van der Waals surface area contributed by atoms with Crippen molar-refractivity contribution in [2.45, 2.75) is 64.2 Å². The Hall–Kier alpha value is -6.90. The van der Waals surface area contributed by atoms with Crippen LogP contribution in [0.3, 0.4) is 0 Å². The van der Waals surface area contributed by atoms with Crippen molar-refractivity contribution in [1.29, 1.82) is 0 Å². The Labute approximate surface area is 366 Å². The van der Waals surface area contributed by atoms with E-state index in [0.717, 1.165) is 59.8 Å². The van der Waals surface area contributed by atoms with Gasteiger partial charge in [0.1, 0.15) is 0 Å². The minimum absolute atomic E-state index is 0.0404. The zero-order valence-electron chi connectivity index (χ0n) is 36.2. The topological polar surface area (TPSA) is 6.48 Å². The molecule has 0 fully saturated rings. The molecule has 0 radical (unpaired) electrons. The highest BCUT2D eigenvalue weighted by Gasteiger charge is 2.42. The molecule has 0 spiro atoms. The summed E-state index contributed by atoms with van der Waals surface area (Å²) in [5.41, 5.74) is 18.0. The van der Waals surface area contributed by atoms with E-state index in [9.17, 15) is 0 Å². The molecule has 9 aromatic rings. The van der Waals surface area contributed by atoms with Crippen molar-refractivity contribution in [3.63, 3.8) is 0 Å². The van der Waals surface area contributed by atoms with Crippen molar-refractivity contribution < 1.29 is 0 Å². The summed E-state index contributed by atoms with van der Waals surface area (Å²) in [4.78, 5) is 5.01. The maximum Gasteiger partial charge on any atom is 0.0567 e. The lowest BCUT2D eigenvalue weighted by atomic mass is 9.74. The minimum Gasteiger partial charge on any atom is -0.310 e. The molecule has 9 aromatic carbocycles. The number of hydrogen-bond donors (Lipinski definition) is 0. The van der Waals surface area contributed by atoms with E-state index in [2.05, 4.69) is 232 Å². The van der Waals surface area contributed by atoms with Crippen LogP contribution in [0.5, 0.6) is 0 Å². The Morgan fingerprint density at radius 3 is 1.34 bits per heavy atom. The van der Waals surface area contributed by atoms with Crippen LogP contribution in [0.2, 0.25) is 0 Å². The molecule has 0 aromatic heterocycles. The van der Waals surface area contributed by atoms with E-state index in [-0.39, 0.29) is 10.8 Å². The first-order chi connectivity index (χ1) is 30.5. The summed E-state index contributed by atoms with van der Waals surface area (Å²) in [5.74, 6) is 0. The molecule has 0 N–H and O–H groups in total. The number of fused-ring (bicyclic) bond motifs is 9. The van der Waals surface area contributed by atoms with Gasteiger partial charge in [-0.1, -0.05) is 161 Å². The first-order valence-corrected chi connectivity index (χ1v) is 22.7. The molecule has 0 saturated heterocycles. The summed E-state index contributed by atoms with van der Waals surface area (Å²) in [6, 6.07) is 73.0. The van der Waals surface area contributed by atoms with Gasteiger partial charge in [0, 0.05) is 44.7 Å². The van der Waals surface area contributed by atoms with Gasteiger partial charge in [0.15, 0.2) is 0 Å². The van der Waals surface area contributed by atoms with Crippen LogP contribution in [0.4, 0.5) is 34.1 Å². The summed E-state index contributed by atoms with van der Waals surface area (Å²) in [5, 5.41) is 4.92. The van der Waals surface area contributed by atoms with Gasteiger partial charge < -0.3 is 9.80 Å². The number of para-hydroxylation sites is 2. The largest absolute Gasteiger partial charge is 0.310 e. The van der Waals surface area contributed by atoms with Gasteiger partial charge in [-0.2, -0.15) is 0 Å². The summed E-state index contributed by atoms with van der Waals surface area (Å²) in [6.07, 6.45) is 4.18. The molecule has 2 nitrogen and oxygen atoms in total. The Bertz CT molecular complexity index is 3140. The van der Waals surface area contributed by atoms with E-state index < -0.39 is 0 Å². The van der Waals surface area contributed by atoms with Gasteiger partial charge >= 0.3 is 0 Å². The molecule has 2 aliphatic carbocycles. The number of benzene rings is 9. The molecular formula is C60H52N2. The van der Waals surface area contributed by atoms with Crippen molar-refractivity contribution in [3.8, 4) is 22.3 Å². The normalized spacial score (nSPS) is 14.0. The van der Waals surface area contributed by atoms with E-state index in [0.29, 0.717) is 0 Å². The summed E-state index contributed by atoms with van der Waals surface area (Å²) in [7, 11) is 0. The molecule has 302 valence electrons. The molecule has 0 saturated carbocycles. The van der Waals surface area contributed by atoms with Gasteiger partial charge in [0.25, 0.3) is 0 Å². The van der Waals surface area contributed by atoms with Gasteiger partial charge in [-0.3, -0.25) is 0 Å². The first kappa shape index (κ1) is 38.1. The van der Waals surface area contributed by atoms with Crippen LogP contribution >= 0.6 is 0 Å². The molecule has 2 heteroatoms. The van der Waals surface area contributed by atoms with Crippen LogP contribution in [-0.4, -0.2) is 0 Å². The standard InChI is InChI=1S/C60H52N2/c1-5-59(6-2)53-29-19-17-27-49(53)51-35-33-45(38-55(51)59)61(43-22-11-9-12-23-43)47-37-42-32-31-41-21-15-16-26-48(41)58(42)57(40-47)62(44-24-13-10-14-25-44)46-34-36-52-50-28-18-20-30-54(50)60(7-3,8-4)56(52)39-46/h9-40H,5-8H2,1-4H3. The zero-order chi connectivity index (χ0) is 42.0. The first-order valence-electron chi connectivity index (χ1n) is 22.7. The molecule has 0 bridgehead atoms. The number of rotatable bonds is 10. The summed E-state index contributed by atoms with van der Waals surface area (Å²) >= 11 is 0. The molecule has 0 heterocycles. The second-order valence-corrected chi connectivity index (χ2v) is 17.3. The second kappa shape index (κ2) is 14.9. The predicted molar refractivity (Wildman–Crippen MR) is 264 cm³/mol. The van der Waals surface area contributed by atoms with Gasteiger partial charge in [0.2, 0.25) is 0 Å². The lowest BCUT2D eigenvalue weighted by molar-refractivity contribution is 0.490. The molecule has 62 heavy (non-hydrogen) atoms. The average Bonchev–Trinajstić information content (AvgIpc) is 3.78. The zero-order valence-corrected chi connectivity index (χ0v) is 36.2. The Morgan fingerprint density at radius 1 is 0.323 bits per heavy atom. The van der Waals surface area contributed by atoms with Crippen molar-refractivity contribution in [1.82, 2.24) is 0 Å². The summed E-state index contributed by atoms with van der Waals surface area (Å²) in [6.45, 7) is 9.44. The van der Waals surface area contributed by atoms with Crippen LogP contribution in [0.15, 0.2) is 194 Å². The third-order valence-electron chi connectivity index (χ3n) is 14.8. The van der Waals surface area contributed by atoms with Crippen LogP contribution in [0, 0.1) is 0 Å². The van der Waals surface area contributed by atoms with Crippen LogP contribution in [0.1, 0.15) is 75.6 Å². The molecule has 0 amide bonds. The fourth-order valence-corrected chi connectivity index (χ4v) is 11.6. The molecular weight excluding hydrogens is 749 g/mol. The minimum atomic E-state index is -0.0511. The average molecular weight is 801 g/mol. The van der Waals surface area contributed by atoms with Crippen molar-refractivity contribution in [3.05, 3.63) is 216 Å². The highest BCUT2D eigenvalue weighted by atomic mass is 15.2. The Kier molecular flexibility index (Phi) is 9.16. The van der Waals surface area contributed by atoms with Crippen LogP contribution in [0.25, 0.3) is 43.8 Å². The monoisotopic (exact) mass is 800 g/mol. The van der Waals surface area contributed by atoms with E-state index in [1.807, 2.05) is 0 Å². The quantitative estimate of drug-likeness (QED) is 0.127. The van der Waals surface area contributed by atoms with Gasteiger partial charge in [-0.25, -0.2) is 0 Å². The van der Waals surface area contributed by atoms with E-state index in [4.69, 9.17) is 0 Å². The number of hydrogen-bond acceptors (Lipinski definition) is 2. The summed E-state index contributed by atoms with van der Waals surface area (Å²) < 4.78 is 0. The van der Waals surface area contributed by atoms with Gasteiger partial charge in [-0.15, -0.1) is 0 Å². The van der Waals surface area contributed by atoms with E-state index in [1.54, 1.807) is 0 Å². The lowest BCUT2D eigenvalue weighted by Gasteiger charge is -2.34. The van der Waals surface area contributed by atoms with Gasteiger partial charge in [0.05, 0.1) is 5.69 Å². The molecule has 2 aliphatic rings. The maximum atomic E-state index is 2.53. The smallest absolute Gasteiger partial charge is 0.0567 e. The lowest BCUT2D eigenvalue weighted by Crippen LogP contribution is -2.23. The van der Waals surface area contributed by atoms with Crippen molar-refractivity contribution >= 4 is 55.7 Å². The number of nitrogens with zero attached hydrogens (tertiary/aromatic N) is 2. The highest BCUT2D eigenvalue weighted by molar-refractivity contribution is 6.16. The maximum absolute atomic E-state index is 2.53. The van der Waals surface area contributed by atoms with Crippen molar-refractivity contribution in [2.75, 3.05) is 9.80 Å². The molecule has 0 unspecified atom stereocenters. The predicted octanol–water partition coefficient (Wildman–Crippen LogP) is 17.1.